The Balaban J connectivity index is 2.41. The summed E-state index contributed by atoms with van der Waals surface area (Å²) in [4.78, 5) is 49.8. The van der Waals surface area contributed by atoms with E-state index in [2.05, 4.69) is 10.6 Å². The average Bonchev–Trinajstić information content (AvgIpc) is 3.02. The molecule has 0 bridgehead atoms. The van der Waals surface area contributed by atoms with Crippen LogP contribution in [0.4, 0.5) is 0 Å². The van der Waals surface area contributed by atoms with Gasteiger partial charge in [-0.15, -0.1) is 0 Å². The molecule has 3 atom stereocenters. The zero-order chi connectivity index (χ0) is 23.4. The molecule has 31 heavy (non-hydrogen) atoms. The zero-order valence-corrected chi connectivity index (χ0v) is 18.9. The van der Waals surface area contributed by atoms with Crippen molar-refractivity contribution in [3.63, 3.8) is 0 Å². The summed E-state index contributed by atoms with van der Waals surface area (Å²) < 4.78 is 0. The van der Waals surface area contributed by atoms with Crippen LogP contribution in [0, 0.1) is 5.92 Å². The molecule has 0 spiro atoms. The number of nitrogens with one attached hydrogen (secondary N) is 2. The second-order valence-corrected chi connectivity index (χ2v) is 8.36. The Morgan fingerprint density at radius 2 is 1.84 bits per heavy atom. The number of Topliss-reactive ketones (excluding diaryl/α,β-unsaturated/α-hetero) is 1. The summed E-state index contributed by atoms with van der Waals surface area (Å²) >= 11 is 0. The van der Waals surface area contributed by atoms with Crippen LogP contribution in [0.2, 0.25) is 0 Å². The molecule has 5 N–H and O–H groups in total. The lowest BCUT2D eigenvalue weighted by molar-refractivity contribution is -0.132. The first-order valence-electron chi connectivity index (χ1n) is 11.1. The molecular formula is C22H38N4O5. The van der Waals surface area contributed by atoms with E-state index in [0.717, 1.165) is 19.3 Å². The molecule has 1 aliphatic rings. The molecule has 9 nitrogen and oxygen atoms in total. The van der Waals surface area contributed by atoms with Crippen molar-refractivity contribution in [1.82, 2.24) is 15.5 Å². The van der Waals surface area contributed by atoms with Crippen molar-refractivity contribution in [1.29, 1.82) is 0 Å². The third-order valence-corrected chi connectivity index (χ3v) is 5.34. The van der Waals surface area contributed by atoms with Gasteiger partial charge in [0, 0.05) is 19.0 Å². The lowest BCUT2D eigenvalue weighted by Crippen LogP contribution is -2.53. The van der Waals surface area contributed by atoms with Crippen molar-refractivity contribution < 1.29 is 24.3 Å². The lowest BCUT2D eigenvalue weighted by Gasteiger charge is -2.24. The largest absolute Gasteiger partial charge is 0.370 e. The number of ketones is 1. The third-order valence-electron chi connectivity index (χ3n) is 5.34. The van der Waals surface area contributed by atoms with Gasteiger partial charge < -0.3 is 26.4 Å². The lowest BCUT2D eigenvalue weighted by atomic mass is 10.0. The number of nitrogens with two attached hydrogens (primary N) is 1. The van der Waals surface area contributed by atoms with Gasteiger partial charge in [-0.05, 0) is 57.6 Å². The van der Waals surface area contributed by atoms with Crippen LogP contribution < -0.4 is 16.4 Å². The van der Waals surface area contributed by atoms with Gasteiger partial charge in [0.2, 0.25) is 17.7 Å². The van der Waals surface area contributed by atoms with Gasteiger partial charge in [-0.2, -0.15) is 0 Å². The van der Waals surface area contributed by atoms with Gasteiger partial charge in [0.25, 0.3) is 0 Å². The maximum atomic E-state index is 12.7. The molecule has 3 unspecified atom stereocenters. The van der Waals surface area contributed by atoms with Crippen molar-refractivity contribution in [3.8, 4) is 0 Å². The number of aliphatic hydroxyl groups excluding tert-OH is 1. The number of amides is 3. The van der Waals surface area contributed by atoms with Gasteiger partial charge in [0.1, 0.15) is 12.3 Å². The number of aliphatic hydroxyl groups is 1. The Hall–Kier alpha value is -2.26. The smallest absolute Gasteiger partial charge is 0.248 e. The van der Waals surface area contributed by atoms with Crippen LogP contribution in [0.3, 0.4) is 0 Å². The first kappa shape index (κ1) is 26.8. The molecule has 1 aliphatic heterocycles. The molecule has 0 fully saturated rings. The highest BCUT2D eigenvalue weighted by atomic mass is 16.3. The Bertz CT molecular complexity index is 650. The highest BCUT2D eigenvalue weighted by Gasteiger charge is 2.27. The maximum Gasteiger partial charge on any atom is 0.248 e. The van der Waals surface area contributed by atoms with Crippen LogP contribution in [0.15, 0.2) is 12.2 Å². The molecule has 1 heterocycles. The van der Waals surface area contributed by atoms with Crippen LogP contribution in [0.25, 0.3) is 0 Å². The maximum absolute atomic E-state index is 12.7. The van der Waals surface area contributed by atoms with E-state index in [-0.39, 0.29) is 35.8 Å². The number of carbonyl (C=O) groups is 4. The quantitative estimate of drug-likeness (QED) is 0.276. The van der Waals surface area contributed by atoms with Crippen molar-refractivity contribution in [2.75, 3.05) is 13.1 Å². The van der Waals surface area contributed by atoms with Crippen LogP contribution >= 0.6 is 0 Å². The van der Waals surface area contributed by atoms with Crippen molar-refractivity contribution >= 4 is 23.5 Å². The standard InChI is InChI=1S/C22H38N4O5/c1-15(2)21(22(31)24-17(16(3)27)9-6-7-13-23)25-18(28)10-5-4-8-14-26-19(29)11-12-20(26)30/h11-12,15,17,19,21,29H,4-10,13-14,23H2,1-3H3,(H,24,31)(H,25,28). The molecule has 1 rings (SSSR count). The number of unbranched alkanes of at least 4 members (excludes halogenated alkanes) is 3. The molecule has 0 saturated heterocycles. The Morgan fingerprint density at radius 1 is 1.13 bits per heavy atom. The van der Waals surface area contributed by atoms with Gasteiger partial charge in [-0.1, -0.05) is 20.3 Å². The first-order chi connectivity index (χ1) is 14.7. The summed E-state index contributed by atoms with van der Waals surface area (Å²) in [5.74, 6) is -1.03. The van der Waals surface area contributed by atoms with E-state index in [1.165, 1.54) is 24.0 Å². The van der Waals surface area contributed by atoms with Gasteiger partial charge in [0.15, 0.2) is 5.78 Å². The molecule has 0 aromatic carbocycles. The van der Waals surface area contributed by atoms with Crippen LogP contribution in [0.1, 0.15) is 65.7 Å². The minimum absolute atomic E-state index is 0.115. The van der Waals surface area contributed by atoms with Gasteiger partial charge in [-0.3, -0.25) is 19.2 Å². The molecule has 0 aromatic rings. The number of hydrogen-bond acceptors (Lipinski definition) is 6. The molecular weight excluding hydrogens is 400 g/mol. The Morgan fingerprint density at radius 3 is 2.39 bits per heavy atom. The monoisotopic (exact) mass is 438 g/mol. The van der Waals surface area contributed by atoms with Crippen molar-refractivity contribution in [2.45, 2.75) is 84.0 Å². The summed E-state index contributed by atoms with van der Waals surface area (Å²) in [6.45, 7) is 6.10. The van der Waals surface area contributed by atoms with Crippen LogP contribution in [0.5, 0.6) is 0 Å². The van der Waals surface area contributed by atoms with E-state index in [1.807, 2.05) is 13.8 Å². The Labute approximate surface area is 184 Å². The fourth-order valence-electron chi connectivity index (χ4n) is 3.40. The predicted octanol–water partition coefficient (Wildman–Crippen LogP) is 0.607. The molecule has 0 radical (unpaired) electrons. The topological polar surface area (TPSA) is 142 Å². The van der Waals surface area contributed by atoms with Gasteiger partial charge in [-0.25, -0.2) is 0 Å². The molecule has 0 aromatic heterocycles. The molecule has 9 heteroatoms. The number of hydrogen-bond donors (Lipinski definition) is 4. The fourth-order valence-corrected chi connectivity index (χ4v) is 3.40. The minimum atomic E-state index is -0.866. The first-order valence-corrected chi connectivity index (χ1v) is 11.1. The normalized spacial score (nSPS) is 17.7. The van der Waals surface area contributed by atoms with Crippen LogP contribution in [-0.4, -0.2) is 64.9 Å². The Kier molecular flexibility index (Phi) is 12.0. The second-order valence-electron chi connectivity index (χ2n) is 8.36. The van der Waals surface area contributed by atoms with E-state index in [0.29, 0.717) is 32.4 Å². The zero-order valence-electron chi connectivity index (χ0n) is 18.9. The highest BCUT2D eigenvalue weighted by Crippen LogP contribution is 2.11. The number of nitrogens with zero attached hydrogens (tertiary/aromatic N) is 1. The summed E-state index contributed by atoms with van der Waals surface area (Å²) in [6.07, 6.45) is 6.26. The fraction of sp³-hybridized carbons (Fsp3) is 0.727. The van der Waals surface area contributed by atoms with E-state index in [9.17, 15) is 24.3 Å². The van der Waals surface area contributed by atoms with E-state index >= 15 is 0 Å². The van der Waals surface area contributed by atoms with Crippen molar-refractivity contribution in [2.24, 2.45) is 11.7 Å². The molecule has 0 aliphatic carbocycles. The van der Waals surface area contributed by atoms with Gasteiger partial charge in [0.05, 0.1) is 6.04 Å². The van der Waals surface area contributed by atoms with E-state index in [1.54, 1.807) is 0 Å². The highest BCUT2D eigenvalue weighted by molar-refractivity contribution is 5.92. The predicted molar refractivity (Wildman–Crippen MR) is 118 cm³/mol. The summed E-state index contributed by atoms with van der Waals surface area (Å²) in [5, 5.41) is 15.2. The van der Waals surface area contributed by atoms with E-state index in [4.69, 9.17) is 5.73 Å². The molecule has 176 valence electrons. The third kappa shape index (κ3) is 9.61. The molecule has 3 amide bonds. The summed E-state index contributed by atoms with van der Waals surface area (Å²) in [6, 6.07) is -1.29. The van der Waals surface area contributed by atoms with Gasteiger partial charge >= 0.3 is 0 Å². The van der Waals surface area contributed by atoms with Crippen LogP contribution in [-0.2, 0) is 19.2 Å². The summed E-state index contributed by atoms with van der Waals surface area (Å²) in [5.41, 5.74) is 5.49. The summed E-state index contributed by atoms with van der Waals surface area (Å²) in [7, 11) is 0. The number of carbonyl (C=O) groups excluding carboxylic acids is 4. The SMILES string of the molecule is CC(=O)C(CCCCN)NC(=O)C(NC(=O)CCCCCN1C(=O)C=CC1O)C(C)C. The average molecular weight is 439 g/mol. The molecule has 0 saturated carbocycles. The minimum Gasteiger partial charge on any atom is -0.370 e. The second kappa shape index (κ2) is 13.9. The van der Waals surface area contributed by atoms with E-state index < -0.39 is 18.3 Å². The van der Waals surface area contributed by atoms with Crippen molar-refractivity contribution in [3.05, 3.63) is 12.2 Å². The number of rotatable bonds is 15.